The number of hydrogen-bond acceptors (Lipinski definition) is 3. The standard InChI is InChI=1S/C10H12BrNOS/c11-8-2-1-7(4-12)10(3-8)14-9-5-13-6-9/h1-3,9H,4-6,12H2. The molecule has 0 atom stereocenters. The van der Waals surface area contributed by atoms with Gasteiger partial charge in [0.15, 0.2) is 0 Å². The normalized spacial score (nSPS) is 16.7. The van der Waals surface area contributed by atoms with Crippen molar-refractivity contribution in [2.45, 2.75) is 16.7 Å². The van der Waals surface area contributed by atoms with E-state index in [4.69, 9.17) is 10.5 Å². The summed E-state index contributed by atoms with van der Waals surface area (Å²) in [5.41, 5.74) is 6.89. The van der Waals surface area contributed by atoms with E-state index >= 15 is 0 Å². The Kier molecular flexibility index (Phi) is 3.49. The maximum absolute atomic E-state index is 5.68. The van der Waals surface area contributed by atoms with Gasteiger partial charge >= 0.3 is 0 Å². The Balaban J connectivity index is 2.15. The molecule has 1 aromatic carbocycles. The Morgan fingerprint density at radius 2 is 2.29 bits per heavy atom. The molecule has 1 aliphatic rings. The highest BCUT2D eigenvalue weighted by molar-refractivity contribution is 9.10. The van der Waals surface area contributed by atoms with Crippen LogP contribution in [-0.4, -0.2) is 18.5 Å². The summed E-state index contributed by atoms with van der Waals surface area (Å²) in [5.74, 6) is 0. The van der Waals surface area contributed by atoms with E-state index in [-0.39, 0.29) is 0 Å². The molecule has 0 bridgehead atoms. The summed E-state index contributed by atoms with van der Waals surface area (Å²) >= 11 is 5.33. The molecule has 0 spiro atoms. The number of nitrogens with two attached hydrogens (primary N) is 1. The van der Waals surface area contributed by atoms with E-state index in [1.165, 1.54) is 10.5 Å². The maximum Gasteiger partial charge on any atom is 0.0611 e. The summed E-state index contributed by atoms with van der Waals surface area (Å²) in [6.45, 7) is 2.32. The largest absolute Gasteiger partial charge is 0.379 e. The average molecular weight is 274 g/mol. The molecule has 0 aromatic heterocycles. The van der Waals surface area contributed by atoms with Crippen molar-refractivity contribution < 1.29 is 4.74 Å². The van der Waals surface area contributed by atoms with Gasteiger partial charge in [0, 0.05) is 15.9 Å². The van der Waals surface area contributed by atoms with Crippen LogP contribution in [0.2, 0.25) is 0 Å². The summed E-state index contributed by atoms with van der Waals surface area (Å²) in [5, 5.41) is 0.606. The lowest BCUT2D eigenvalue weighted by Gasteiger charge is -2.26. The van der Waals surface area contributed by atoms with Crippen LogP contribution >= 0.6 is 27.7 Å². The predicted molar refractivity (Wildman–Crippen MR) is 62.5 cm³/mol. The third kappa shape index (κ3) is 2.31. The van der Waals surface area contributed by atoms with Crippen LogP contribution < -0.4 is 5.73 Å². The molecule has 1 aliphatic heterocycles. The quantitative estimate of drug-likeness (QED) is 0.919. The third-order valence-corrected chi connectivity index (χ3v) is 3.88. The Morgan fingerprint density at radius 3 is 2.86 bits per heavy atom. The molecule has 0 radical (unpaired) electrons. The zero-order chi connectivity index (χ0) is 9.97. The van der Waals surface area contributed by atoms with Crippen LogP contribution in [0, 0.1) is 0 Å². The Bertz CT molecular complexity index is 328. The Hall–Kier alpha value is -0.0300. The van der Waals surface area contributed by atoms with E-state index in [9.17, 15) is 0 Å². The summed E-state index contributed by atoms with van der Waals surface area (Å²) in [7, 11) is 0. The van der Waals surface area contributed by atoms with Crippen molar-refractivity contribution in [3.05, 3.63) is 28.2 Å². The molecular weight excluding hydrogens is 262 g/mol. The number of rotatable bonds is 3. The van der Waals surface area contributed by atoms with Crippen LogP contribution in [0.3, 0.4) is 0 Å². The SMILES string of the molecule is NCc1ccc(Br)cc1SC1COC1. The zero-order valence-electron chi connectivity index (χ0n) is 7.70. The van der Waals surface area contributed by atoms with E-state index < -0.39 is 0 Å². The van der Waals surface area contributed by atoms with E-state index in [1.54, 1.807) is 0 Å². The van der Waals surface area contributed by atoms with Crippen LogP contribution in [0.1, 0.15) is 5.56 Å². The van der Waals surface area contributed by atoms with Gasteiger partial charge in [-0.2, -0.15) is 0 Å². The van der Waals surface area contributed by atoms with Gasteiger partial charge in [-0.3, -0.25) is 0 Å². The molecule has 0 saturated carbocycles. The van der Waals surface area contributed by atoms with Crippen molar-refractivity contribution in [2.24, 2.45) is 5.73 Å². The Labute approximate surface area is 96.3 Å². The molecule has 2 nitrogen and oxygen atoms in total. The first-order valence-electron chi connectivity index (χ1n) is 4.52. The second-order valence-corrected chi connectivity index (χ2v) is 5.49. The van der Waals surface area contributed by atoms with Gasteiger partial charge in [-0.25, -0.2) is 0 Å². The summed E-state index contributed by atoms with van der Waals surface area (Å²) in [4.78, 5) is 1.27. The average Bonchev–Trinajstić information content (AvgIpc) is 2.12. The first kappa shape index (κ1) is 10.5. The number of hydrogen-bond donors (Lipinski definition) is 1. The zero-order valence-corrected chi connectivity index (χ0v) is 10.1. The first-order chi connectivity index (χ1) is 6.79. The topological polar surface area (TPSA) is 35.2 Å². The van der Waals surface area contributed by atoms with Gasteiger partial charge in [0.2, 0.25) is 0 Å². The second-order valence-electron chi connectivity index (χ2n) is 3.23. The monoisotopic (exact) mass is 273 g/mol. The van der Waals surface area contributed by atoms with Crippen molar-refractivity contribution in [1.82, 2.24) is 0 Å². The fourth-order valence-electron chi connectivity index (χ4n) is 1.27. The molecule has 0 unspecified atom stereocenters. The van der Waals surface area contributed by atoms with E-state index in [1.807, 2.05) is 17.8 Å². The van der Waals surface area contributed by atoms with Gasteiger partial charge in [0.05, 0.1) is 18.5 Å². The highest BCUT2D eigenvalue weighted by atomic mass is 79.9. The van der Waals surface area contributed by atoms with Crippen LogP contribution in [-0.2, 0) is 11.3 Å². The van der Waals surface area contributed by atoms with Gasteiger partial charge in [-0.15, -0.1) is 11.8 Å². The third-order valence-electron chi connectivity index (χ3n) is 2.15. The van der Waals surface area contributed by atoms with E-state index in [0.29, 0.717) is 11.8 Å². The minimum absolute atomic E-state index is 0.600. The highest BCUT2D eigenvalue weighted by Gasteiger charge is 2.20. The molecular formula is C10H12BrNOS. The molecule has 2 rings (SSSR count). The summed E-state index contributed by atoms with van der Waals surface area (Å²) in [6.07, 6.45) is 0. The summed E-state index contributed by atoms with van der Waals surface area (Å²) < 4.78 is 6.26. The molecule has 1 saturated heterocycles. The molecule has 14 heavy (non-hydrogen) atoms. The molecule has 1 heterocycles. The van der Waals surface area contributed by atoms with Crippen LogP contribution in [0.4, 0.5) is 0 Å². The maximum atomic E-state index is 5.68. The van der Waals surface area contributed by atoms with Gasteiger partial charge in [-0.1, -0.05) is 22.0 Å². The molecule has 2 N–H and O–H groups in total. The molecule has 1 aromatic rings. The number of thioether (sulfide) groups is 1. The van der Waals surface area contributed by atoms with Crippen molar-refractivity contribution in [1.29, 1.82) is 0 Å². The van der Waals surface area contributed by atoms with Crippen molar-refractivity contribution in [3.63, 3.8) is 0 Å². The van der Waals surface area contributed by atoms with Crippen LogP contribution in [0.15, 0.2) is 27.6 Å². The highest BCUT2D eigenvalue weighted by Crippen LogP contribution is 2.32. The van der Waals surface area contributed by atoms with Crippen molar-refractivity contribution in [2.75, 3.05) is 13.2 Å². The van der Waals surface area contributed by atoms with Gasteiger partial charge in [-0.05, 0) is 17.7 Å². The first-order valence-corrected chi connectivity index (χ1v) is 6.20. The molecule has 4 heteroatoms. The fourth-order valence-corrected chi connectivity index (χ4v) is 2.97. The van der Waals surface area contributed by atoms with Gasteiger partial charge < -0.3 is 10.5 Å². The molecule has 76 valence electrons. The van der Waals surface area contributed by atoms with Gasteiger partial charge in [0.1, 0.15) is 0 Å². The van der Waals surface area contributed by atoms with Gasteiger partial charge in [0.25, 0.3) is 0 Å². The minimum atomic E-state index is 0.600. The van der Waals surface area contributed by atoms with Crippen LogP contribution in [0.5, 0.6) is 0 Å². The smallest absolute Gasteiger partial charge is 0.0611 e. The van der Waals surface area contributed by atoms with Crippen molar-refractivity contribution in [3.8, 4) is 0 Å². The fraction of sp³-hybridized carbons (Fsp3) is 0.400. The second kappa shape index (κ2) is 4.66. The lowest BCUT2D eigenvalue weighted by atomic mass is 10.2. The van der Waals surface area contributed by atoms with E-state index in [2.05, 4.69) is 28.1 Å². The molecule has 1 fully saturated rings. The predicted octanol–water partition coefficient (Wildman–Crippen LogP) is 2.40. The molecule has 0 aliphatic carbocycles. The minimum Gasteiger partial charge on any atom is -0.379 e. The number of ether oxygens (including phenoxy) is 1. The number of halogens is 1. The lowest BCUT2D eigenvalue weighted by molar-refractivity contribution is 0.0455. The summed E-state index contributed by atoms with van der Waals surface area (Å²) in [6, 6.07) is 6.24. The molecule has 0 amide bonds. The van der Waals surface area contributed by atoms with Crippen molar-refractivity contribution >= 4 is 27.7 Å². The van der Waals surface area contributed by atoms with Crippen LogP contribution in [0.25, 0.3) is 0 Å². The van der Waals surface area contributed by atoms with E-state index in [0.717, 1.165) is 17.7 Å². The lowest BCUT2D eigenvalue weighted by Crippen LogP contribution is -2.30. The Morgan fingerprint density at radius 1 is 1.50 bits per heavy atom. The number of benzene rings is 1.